The summed E-state index contributed by atoms with van der Waals surface area (Å²) in [6.45, 7) is 10.1. The minimum Gasteiger partial charge on any atom is -0.487 e. The van der Waals surface area contributed by atoms with Crippen LogP contribution in [-0.4, -0.2) is 29.1 Å². The quantitative estimate of drug-likeness (QED) is 0.563. The number of benzene rings is 2. The average Bonchev–Trinajstić information content (AvgIpc) is 3.19. The third kappa shape index (κ3) is 4.85. The Balaban J connectivity index is 1.76. The van der Waals surface area contributed by atoms with Crippen LogP contribution in [0.25, 0.3) is 11.1 Å². The molecule has 0 radical (unpaired) electrons. The van der Waals surface area contributed by atoms with Crippen molar-refractivity contribution in [3.05, 3.63) is 65.2 Å². The van der Waals surface area contributed by atoms with E-state index in [-0.39, 0.29) is 10.5 Å². The molecular weight excluding hydrogens is 446 g/mol. The summed E-state index contributed by atoms with van der Waals surface area (Å²) < 4.78 is 37.4. The van der Waals surface area contributed by atoms with Gasteiger partial charge in [0.1, 0.15) is 11.4 Å². The number of hydrogen-bond donors (Lipinski definition) is 1. The van der Waals surface area contributed by atoms with Gasteiger partial charge in [0, 0.05) is 36.5 Å². The standard InChI is InChI=1S/C24H28ClN3O3S/c1-23(2,3)27-32(29,30)21-12-18-14-24(4,5)31-20(18)13-19(21)17-8-6-16(7-9-17)15-28-11-10-26-22(28)25/h6-13,27H,14-15H2,1-5H3. The second-order valence-electron chi connectivity index (χ2n) is 9.87. The van der Waals surface area contributed by atoms with Crippen LogP contribution in [0.5, 0.6) is 5.75 Å². The third-order valence-electron chi connectivity index (χ3n) is 5.18. The molecule has 170 valence electrons. The van der Waals surface area contributed by atoms with E-state index >= 15 is 0 Å². The fourth-order valence-electron chi connectivity index (χ4n) is 3.95. The topological polar surface area (TPSA) is 73.2 Å². The maximum absolute atomic E-state index is 13.3. The highest BCUT2D eigenvalue weighted by Gasteiger charge is 2.34. The molecular formula is C24H28ClN3O3S. The predicted octanol–water partition coefficient (Wildman–Crippen LogP) is 5.04. The van der Waals surface area contributed by atoms with Crippen molar-refractivity contribution in [2.45, 2.75) is 63.6 Å². The zero-order valence-electron chi connectivity index (χ0n) is 18.9. The molecule has 0 amide bonds. The maximum Gasteiger partial charge on any atom is 0.241 e. The first kappa shape index (κ1) is 22.8. The highest BCUT2D eigenvalue weighted by molar-refractivity contribution is 7.89. The number of imidazole rings is 1. The number of halogens is 1. The minimum atomic E-state index is -3.75. The number of nitrogens with zero attached hydrogens (tertiary/aromatic N) is 2. The smallest absolute Gasteiger partial charge is 0.241 e. The van der Waals surface area contributed by atoms with Crippen LogP contribution in [0.4, 0.5) is 0 Å². The SMILES string of the molecule is CC(C)(C)NS(=O)(=O)c1cc2c(cc1-c1ccc(Cn3ccnc3Cl)cc1)OC(C)(C)C2. The molecule has 0 spiro atoms. The van der Waals surface area contributed by atoms with E-state index in [9.17, 15) is 8.42 Å². The molecule has 0 saturated heterocycles. The van der Waals surface area contributed by atoms with Crippen molar-refractivity contribution in [2.24, 2.45) is 0 Å². The molecule has 6 nitrogen and oxygen atoms in total. The van der Waals surface area contributed by atoms with E-state index < -0.39 is 15.6 Å². The highest BCUT2D eigenvalue weighted by Crippen LogP contribution is 2.41. The number of hydrogen-bond acceptors (Lipinski definition) is 4. The first-order chi connectivity index (χ1) is 14.8. The Morgan fingerprint density at radius 1 is 1.19 bits per heavy atom. The minimum absolute atomic E-state index is 0.262. The monoisotopic (exact) mass is 473 g/mol. The van der Waals surface area contributed by atoms with Crippen LogP contribution in [0.1, 0.15) is 45.7 Å². The van der Waals surface area contributed by atoms with Gasteiger partial charge in [-0.3, -0.25) is 0 Å². The fourth-order valence-corrected chi connectivity index (χ4v) is 5.80. The Morgan fingerprint density at radius 2 is 1.88 bits per heavy atom. The average molecular weight is 474 g/mol. The van der Waals surface area contributed by atoms with Crippen molar-refractivity contribution in [3.63, 3.8) is 0 Å². The third-order valence-corrected chi connectivity index (χ3v) is 7.29. The Morgan fingerprint density at radius 3 is 2.47 bits per heavy atom. The number of sulfonamides is 1. The lowest BCUT2D eigenvalue weighted by Gasteiger charge is -2.22. The molecule has 1 N–H and O–H groups in total. The van der Waals surface area contributed by atoms with Crippen LogP contribution in [0.15, 0.2) is 53.7 Å². The summed E-state index contributed by atoms with van der Waals surface area (Å²) in [5, 5.41) is 0.425. The lowest BCUT2D eigenvalue weighted by Crippen LogP contribution is -2.40. The largest absolute Gasteiger partial charge is 0.487 e. The van der Waals surface area contributed by atoms with E-state index in [1.807, 2.05) is 75.7 Å². The van der Waals surface area contributed by atoms with Crippen LogP contribution in [0, 0.1) is 0 Å². The van der Waals surface area contributed by atoms with Crippen LogP contribution in [0.3, 0.4) is 0 Å². The molecule has 0 bridgehead atoms. The van der Waals surface area contributed by atoms with Gasteiger partial charge in [0.2, 0.25) is 15.3 Å². The second kappa shape index (κ2) is 7.90. The van der Waals surface area contributed by atoms with Gasteiger partial charge in [-0.25, -0.2) is 18.1 Å². The van der Waals surface area contributed by atoms with Gasteiger partial charge < -0.3 is 9.30 Å². The van der Waals surface area contributed by atoms with Gasteiger partial charge in [-0.2, -0.15) is 0 Å². The van der Waals surface area contributed by atoms with Crippen LogP contribution in [-0.2, 0) is 23.0 Å². The van der Waals surface area contributed by atoms with Gasteiger partial charge in [0.25, 0.3) is 0 Å². The van der Waals surface area contributed by atoms with Gasteiger partial charge in [-0.05, 0) is 75.0 Å². The molecule has 32 heavy (non-hydrogen) atoms. The molecule has 2 heterocycles. The summed E-state index contributed by atoms with van der Waals surface area (Å²) in [5.41, 5.74) is 2.39. The number of rotatable bonds is 5. The summed E-state index contributed by atoms with van der Waals surface area (Å²) in [4.78, 5) is 4.29. The first-order valence-corrected chi connectivity index (χ1v) is 12.3. The van der Waals surface area contributed by atoms with E-state index in [1.54, 1.807) is 12.3 Å². The molecule has 0 atom stereocenters. The van der Waals surface area contributed by atoms with Crippen LogP contribution >= 0.6 is 11.6 Å². The number of ether oxygens (including phenoxy) is 1. The lowest BCUT2D eigenvalue weighted by molar-refractivity contribution is 0.138. The van der Waals surface area contributed by atoms with Crippen LogP contribution < -0.4 is 9.46 Å². The zero-order valence-corrected chi connectivity index (χ0v) is 20.5. The maximum atomic E-state index is 13.3. The second-order valence-corrected chi connectivity index (χ2v) is 11.9. The summed E-state index contributed by atoms with van der Waals surface area (Å²) >= 11 is 6.08. The van der Waals surface area contributed by atoms with Crippen molar-refractivity contribution < 1.29 is 13.2 Å². The van der Waals surface area contributed by atoms with Crippen molar-refractivity contribution in [1.29, 1.82) is 0 Å². The molecule has 0 saturated carbocycles. The summed E-state index contributed by atoms with van der Waals surface area (Å²) in [6.07, 6.45) is 4.13. The lowest BCUT2D eigenvalue weighted by atomic mass is 9.98. The number of aromatic nitrogens is 2. The highest BCUT2D eigenvalue weighted by atomic mass is 35.5. The summed E-state index contributed by atoms with van der Waals surface area (Å²) in [6, 6.07) is 11.4. The first-order valence-electron chi connectivity index (χ1n) is 10.5. The van der Waals surface area contributed by atoms with Gasteiger partial charge in [-0.1, -0.05) is 24.3 Å². The molecule has 0 unspecified atom stereocenters. The van der Waals surface area contributed by atoms with Crippen molar-refractivity contribution in [1.82, 2.24) is 14.3 Å². The van der Waals surface area contributed by atoms with E-state index in [1.165, 1.54) is 0 Å². The molecule has 1 aromatic heterocycles. The number of fused-ring (bicyclic) bond motifs is 1. The molecule has 1 aliphatic heterocycles. The van der Waals surface area contributed by atoms with E-state index in [2.05, 4.69) is 9.71 Å². The predicted molar refractivity (Wildman–Crippen MR) is 127 cm³/mol. The molecule has 8 heteroatoms. The van der Waals surface area contributed by atoms with E-state index in [0.717, 1.165) is 22.4 Å². The normalized spacial score (nSPS) is 15.4. The van der Waals surface area contributed by atoms with Crippen LogP contribution in [0.2, 0.25) is 5.28 Å². The zero-order chi connectivity index (χ0) is 23.3. The molecule has 0 fully saturated rings. The van der Waals surface area contributed by atoms with Gasteiger partial charge in [0.15, 0.2) is 0 Å². The van der Waals surface area contributed by atoms with Gasteiger partial charge in [0.05, 0.1) is 4.90 Å². The molecule has 2 aromatic carbocycles. The van der Waals surface area contributed by atoms with Gasteiger partial charge in [-0.15, -0.1) is 0 Å². The Bertz CT molecular complexity index is 1260. The van der Waals surface area contributed by atoms with Crippen molar-refractivity contribution in [3.8, 4) is 16.9 Å². The summed E-state index contributed by atoms with van der Waals surface area (Å²) in [7, 11) is -3.75. The Kier molecular flexibility index (Phi) is 5.64. The van der Waals surface area contributed by atoms with Crippen molar-refractivity contribution in [2.75, 3.05) is 0 Å². The molecule has 1 aliphatic rings. The molecule has 4 rings (SSSR count). The van der Waals surface area contributed by atoms with Crippen molar-refractivity contribution >= 4 is 21.6 Å². The van der Waals surface area contributed by atoms with Gasteiger partial charge >= 0.3 is 0 Å². The Hall–Kier alpha value is -2.35. The molecule has 3 aromatic rings. The van der Waals surface area contributed by atoms with E-state index in [0.29, 0.717) is 23.8 Å². The Labute approximate surface area is 194 Å². The fraction of sp³-hybridized carbons (Fsp3) is 0.375. The molecule has 0 aliphatic carbocycles. The summed E-state index contributed by atoms with van der Waals surface area (Å²) in [5.74, 6) is 0.731. The number of nitrogens with one attached hydrogen (secondary N) is 1. The van der Waals surface area contributed by atoms with E-state index in [4.69, 9.17) is 16.3 Å².